The number of nitrogens with one attached hydrogen (secondary N) is 1. The number of para-hydroxylation sites is 1. The second kappa shape index (κ2) is 4.40. The molecule has 0 spiro atoms. The lowest BCUT2D eigenvalue weighted by Crippen LogP contribution is -2.24. The number of anilines is 1. The van der Waals surface area contributed by atoms with E-state index < -0.39 is 11.9 Å². The summed E-state index contributed by atoms with van der Waals surface area (Å²) >= 11 is 0. The van der Waals surface area contributed by atoms with Crippen LogP contribution in [0.25, 0.3) is 10.9 Å². The lowest BCUT2D eigenvalue weighted by molar-refractivity contribution is 0.100. The van der Waals surface area contributed by atoms with Gasteiger partial charge in [-0.2, -0.15) is 0 Å². The molecule has 94 valence electrons. The first-order valence-electron chi connectivity index (χ1n) is 5.53. The van der Waals surface area contributed by atoms with Crippen molar-refractivity contribution < 1.29 is 9.59 Å². The van der Waals surface area contributed by atoms with Crippen LogP contribution in [-0.2, 0) is 6.54 Å². The van der Waals surface area contributed by atoms with Crippen LogP contribution in [0.15, 0.2) is 24.3 Å². The van der Waals surface area contributed by atoms with Crippen LogP contribution in [0.5, 0.6) is 0 Å². The van der Waals surface area contributed by atoms with Gasteiger partial charge < -0.3 is 16.0 Å². The van der Waals surface area contributed by atoms with Crippen LogP contribution in [-0.4, -0.2) is 16.5 Å². The van der Waals surface area contributed by atoms with Crippen LogP contribution < -0.4 is 16.8 Å². The van der Waals surface area contributed by atoms with Gasteiger partial charge in [-0.25, -0.2) is 4.79 Å². The van der Waals surface area contributed by atoms with E-state index in [1.54, 1.807) is 10.6 Å². The number of carbonyl (C=O) groups is 2. The number of fused-ring (bicyclic) bond motifs is 1. The molecule has 0 saturated heterocycles. The number of urea groups is 1. The summed E-state index contributed by atoms with van der Waals surface area (Å²) in [5, 5.41) is 3.17. The number of amides is 3. The fourth-order valence-corrected chi connectivity index (χ4v) is 2.13. The van der Waals surface area contributed by atoms with E-state index in [-0.39, 0.29) is 5.56 Å². The lowest BCUT2D eigenvalue weighted by atomic mass is 10.1. The van der Waals surface area contributed by atoms with E-state index in [4.69, 9.17) is 11.5 Å². The van der Waals surface area contributed by atoms with Crippen LogP contribution in [0.3, 0.4) is 0 Å². The van der Waals surface area contributed by atoms with Gasteiger partial charge in [0.25, 0.3) is 5.91 Å². The van der Waals surface area contributed by atoms with Crippen molar-refractivity contribution in [1.82, 2.24) is 4.57 Å². The van der Waals surface area contributed by atoms with E-state index >= 15 is 0 Å². The normalized spacial score (nSPS) is 10.5. The first kappa shape index (κ1) is 12.0. The third-order valence-corrected chi connectivity index (χ3v) is 2.78. The van der Waals surface area contributed by atoms with Crippen molar-refractivity contribution >= 4 is 28.7 Å². The summed E-state index contributed by atoms with van der Waals surface area (Å²) in [5.41, 5.74) is 11.6. The molecule has 1 heterocycles. The van der Waals surface area contributed by atoms with Crippen molar-refractivity contribution in [2.45, 2.75) is 13.5 Å². The largest absolute Gasteiger partial charge is 0.365 e. The molecule has 0 radical (unpaired) electrons. The Labute approximate surface area is 104 Å². The van der Waals surface area contributed by atoms with Crippen LogP contribution in [0.4, 0.5) is 10.6 Å². The summed E-state index contributed by atoms with van der Waals surface area (Å²) in [4.78, 5) is 22.6. The summed E-state index contributed by atoms with van der Waals surface area (Å²) < 4.78 is 1.79. The number of benzene rings is 1. The Bertz CT molecular complexity index is 630. The van der Waals surface area contributed by atoms with E-state index in [0.717, 1.165) is 5.52 Å². The molecule has 0 aliphatic heterocycles. The van der Waals surface area contributed by atoms with Gasteiger partial charge in [-0.1, -0.05) is 18.2 Å². The minimum atomic E-state index is -0.727. The van der Waals surface area contributed by atoms with Gasteiger partial charge in [0.05, 0.1) is 11.1 Å². The molecule has 6 nitrogen and oxygen atoms in total. The van der Waals surface area contributed by atoms with Gasteiger partial charge in [-0.05, 0) is 13.0 Å². The first-order valence-corrected chi connectivity index (χ1v) is 5.53. The van der Waals surface area contributed by atoms with E-state index in [9.17, 15) is 9.59 Å². The summed E-state index contributed by atoms with van der Waals surface area (Å²) in [6.07, 6.45) is 0. The van der Waals surface area contributed by atoms with Gasteiger partial charge in [0.2, 0.25) is 0 Å². The predicted octanol–water partition coefficient (Wildman–Crippen LogP) is 1.25. The lowest BCUT2D eigenvalue weighted by Gasteiger charge is -2.08. The summed E-state index contributed by atoms with van der Waals surface area (Å²) in [7, 11) is 0. The average Bonchev–Trinajstić information content (AvgIpc) is 2.61. The molecule has 0 saturated carbocycles. The van der Waals surface area contributed by atoms with Crippen molar-refractivity contribution in [3.63, 3.8) is 0 Å². The number of aryl methyl sites for hydroxylation is 1. The Kier molecular flexibility index (Phi) is 2.93. The second-order valence-electron chi connectivity index (χ2n) is 3.84. The molecule has 2 rings (SSSR count). The van der Waals surface area contributed by atoms with Gasteiger partial charge in [0.15, 0.2) is 0 Å². The number of nitrogens with zero attached hydrogens (tertiary/aromatic N) is 1. The Morgan fingerprint density at radius 1 is 1.28 bits per heavy atom. The molecule has 18 heavy (non-hydrogen) atoms. The molecule has 2 aromatic rings. The number of rotatable bonds is 3. The smallest absolute Gasteiger partial charge is 0.317 e. The molecule has 0 aliphatic carbocycles. The molecular formula is C12H14N4O2. The molecule has 0 fully saturated rings. The molecule has 1 aromatic heterocycles. The molecule has 3 amide bonds. The quantitative estimate of drug-likeness (QED) is 0.758. The topological polar surface area (TPSA) is 103 Å². The monoisotopic (exact) mass is 246 g/mol. The molecule has 0 aliphatic rings. The van der Waals surface area contributed by atoms with Crippen LogP contribution in [0.1, 0.15) is 17.3 Å². The Morgan fingerprint density at radius 3 is 2.50 bits per heavy atom. The number of carbonyl (C=O) groups excluding carboxylic acids is 2. The highest BCUT2D eigenvalue weighted by molar-refractivity contribution is 6.13. The van der Waals surface area contributed by atoms with Crippen molar-refractivity contribution in [1.29, 1.82) is 0 Å². The molecular weight excluding hydrogens is 232 g/mol. The fraction of sp³-hybridized carbons (Fsp3) is 0.167. The van der Waals surface area contributed by atoms with E-state index in [1.807, 2.05) is 25.1 Å². The Hall–Kier alpha value is -2.50. The van der Waals surface area contributed by atoms with Crippen LogP contribution >= 0.6 is 0 Å². The Balaban J connectivity index is 2.82. The average molecular weight is 246 g/mol. The molecule has 0 bridgehead atoms. The molecule has 1 aromatic carbocycles. The van der Waals surface area contributed by atoms with Gasteiger partial charge in [0.1, 0.15) is 5.82 Å². The zero-order chi connectivity index (χ0) is 13.3. The van der Waals surface area contributed by atoms with Crippen molar-refractivity contribution in [2.24, 2.45) is 11.5 Å². The van der Waals surface area contributed by atoms with Gasteiger partial charge in [0, 0.05) is 11.9 Å². The highest BCUT2D eigenvalue weighted by Gasteiger charge is 2.20. The highest BCUT2D eigenvalue weighted by atomic mass is 16.2. The standard InChI is InChI=1S/C12H14N4O2/c1-2-16-8-6-4-3-5-7(8)9(10(13)17)11(16)15-12(14)18/h3-6H,2H2,1H3,(H2,13,17)(H3,14,15,18). The van der Waals surface area contributed by atoms with Crippen LogP contribution in [0.2, 0.25) is 0 Å². The number of aromatic nitrogens is 1. The number of hydrogen-bond donors (Lipinski definition) is 3. The highest BCUT2D eigenvalue weighted by Crippen LogP contribution is 2.29. The van der Waals surface area contributed by atoms with E-state index in [2.05, 4.69) is 5.32 Å². The zero-order valence-electron chi connectivity index (χ0n) is 9.93. The maximum atomic E-state index is 11.6. The fourth-order valence-electron chi connectivity index (χ4n) is 2.13. The van der Waals surface area contributed by atoms with Gasteiger partial charge in [-0.15, -0.1) is 0 Å². The molecule has 0 unspecified atom stereocenters. The first-order chi connectivity index (χ1) is 8.56. The number of hydrogen-bond acceptors (Lipinski definition) is 2. The summed E-state index contributed by atoms with van der Waals surface area (Å²) in [5.74, 6) is -0.249. The Morgan fingerprint density at radius 2 is 1.94 bits per heavy atom. The minimum absolute atomic E-state index is 0.284. The zero-order valence-corrected chi connectivity index (χ0v) is 9.93. The third-order valence-electron chi connectivity index (χ3n) is 2.78. The summed E-state index contributed by atoms with van der Waals surface area (Å²) in [6, 6.07) is 6.58. The number of primary amides is 2. The minimum Gasteiger partial charge on any atom is -0.365 e. The maximum absolute atomic E-state index is 11.6. The molecule has 0 atom stereocenters. The SMILES string of the molecule is CCn1c(NC(N)=O)c(C(N)=O)c2ccccc21. The molecule has 5 N–H and O–H groups in total. The number of nitrogens with two attached hydrogens (primary N) is 2. The van der Waals surface area contributed by atoms with Crippen molar-refractivity contribution in [3.05, 3.63) is 29.8 Å². The summed E-state index contributed by atoms with van der Waals surface area (Å²) in [6.45, 7) is 2.49. The van der Waals surface area contributed by atoms with Crippen molar-refractivity contribution in [2.75, 3.05) is 5.32 Å². The maximum Gasteiger partial charge on any atom is 0.317 e. The van der Waals surface area contributed by atoms with Crippen molar-refractivity contribution in [3.8, 4) is 0 Å². The van der Waals surface area contributed by atoms with Crippen LogP contribution in [0, 0.1) is 0 Å². The van der Waals surface area contributed by atoms with Gasteiger partial charge >= 0.3 is 6.03 Å². The van der Waals surface area contributed by atoms with E-state index in [0.29, 0.717) is 17.7 Å². The second-order valence-corrected chi connectivity index (χ2v) is 3.84. The van der Waals surface area contributed by atoms with E-state index in [1.165, 1.54) is 0 Å². The van der Waals surface area contributed by atoms with Gasteiger partial charge in [-0.3, -0.25) is 10.1 Å². The molecule has 6 heteroatoms. The predicted molar refractivity (Wildman–Crippen MR) is 69.3 cm³/mol. The third kappa shape index (κ3) is 1.77.